The van der Waals surface area contributed by atoms with Crippen LogP contribution in [0.5, 0.6) is 5.75 Å². The molecule has 27 heavy (non-hydrogen) atoms. The van der Waals surface area contributed by atoms with Gasteiger partial charge in [-0.05, 0) is 29.8 Å². The van der Waals surface area contributed by atoms with Crippen molar-refractivity contribution in [3.05, 3.63) is 76.6 Å². The van der Waals surface area contributed by atoms with E-state index in [0.29, 0.717) is 5.01 Å². The average molecular weight is 378 g/mol. The molecule has 3 aromatic rings. The van der Waals surface area contributed by atoms with E-state index < -0.39 is 17.6 Å². The van der Waals surface area contributed by atoms with Crippen LogP contribution in [0.1, 0.15) is 10.6 Å². The Morgan fingerprint density at radius 2 is 1.96 bits per heavy atom. The first-order chi connectivity index (χ1) is 13.1. The van der Waals surface area contributed by atoms with Crippen molar-refractivity contribution in [3.8, 4) is 17.0 Å². The molecule has 0 saturated carbocycles. The molecule has 1 saturated heterocycles. The number of nitrogens with zero attached hydrogens (tertiary/aromatic N) is 1. The number of hydrogen-bond donors (Lipinski definition) is 1. The van der Waals surface area contributed by atoms with Crippen LogP contribution < -0.4 is 10.5 Å². The zero-order chi connectivity index (χ0) is 18.9. The second-order valence-corrected chi connectivity index (χ2v) is 7.03. The van der Waals surface area contributed by atoms with Gasteiger partial charge in [0.25, 0.3) is 5.91 Å². The minimum Gasteiger partial charge on any atom is -0.497 e. The van der Waals surface area contributed by atoms with Gasteiger partial charge in [-0.2, -0.15) is 0 Å². The van der Waals surface area contributed by atoms with Crippen molar-refractivity contribution in [1.29, 1.82) is 0 Å². The number of thiazole rings is 1. The Labute approximate surface area is 161 Å². The molecule has 4 rings (SSSR count). The first-order valence-electron chi connectivity index (χ1n) is 8.45. The molecule has 1 aromatic heterocycles. The second-order valence-electron chi connectivity index (χ2n) is 6.17. The molecule has 2 aromatic carbocycles. The molecule has 0 unspecified atom stereocenters. The van der Waals surface area contributed by atoms with Gasteiger partial charge >= 0.3 is 0 Å². The van der Waals surface area contributed by atoms with Crippen molar-refractivity contribution in [2.24, 2.45) is 5.73 Å². The predicted octanol–water partition coefficient (Wildman–Crippen LogP) is 3.61. The van der Waals surface area contributed by atoms with E-state index in [1.807, 2.05) is 72.1 Å². The zero-order valence-corrected chi connectivity index (χ0v) is 15.5. The molecule has 2 atom stereocenters. The lowest BCUT2D eigenvalue weighted by molar-refractivity contribution is -0.123. The number of hydrogen-bond acceptors (Lipinski definition) is 5. The summed E-state index contributed by atoms with van der Waals surface area (Å²) in [6.45, 7) is 0. The molecule has 0 spiro atoms. The highest BCUT2D eigenvalue weighted by Gasteiger charge is 2.64. The number of benzene rings is 2. The van der Waals surface area contributed by atoms with Gasteiger partial charge in [0.15, 0.2) is 0 Å². The largest absolute Gasteiger partial charge is 0.497 e. The van der Waals surface area contributed by atoms with Crippen LogP contribution in [0, 0.1) is 0 Å². The molecule has 1 aliphatic heterocycles. The molecule has 1 fully saturated rings. The van der Waals surface area contributed by atoms with E-state index in [1.54, 1.807) is 7.11 Å². The van der Waals surface area contributed by atoms with Crippen LogP contribution in [-0.4, -0.2) is 24.1 Å². The molecule has 1 amide bonds. The molecule has 0 bridgehead atoms. The van der Waals surface area contributed by atoms with Crippen molar-refractivity contribution >= 4 is 23.3 Å². The maximum Gasteiger partial charge on any atom is 0.260 e. The minimum atomic E-state index is -1.18. The highest BCUT2D eigenvalue weighted by atomic mass is 32.1. The van der Waals surface area contributed by atoms with Gasteiger partial charge in [0.1, 0.15) is 16.9 Å². The van der Waals surface area contributed by atoms with Gasteiger partial charge < -0.3 is 15.2 Å². The van der Waals surface area contributed by atoms with Crippen LogP contribution in [0.3, 0.4) is 0 Å². The lowest BCUT2D eigenvalue weighted by atomic mass is 10.0. The zero-order valence-electron chi connectivity index (χ0n) is 14.7. The van der Waals surface area contributed by atoms with Crippen LogP contribution in [-0.2, 0) is 15.1 Å². The normalized spacial score (nSPS) is 21.3. The van der Waals surface area contributed by atoms with Crippen molar-refractivity contribution in [2.45, 2.75) is 11.7 Å². The van der Waals surface area contributed by atoms with Crippen LogP contribution >= 0.6 is 11.3 Å². The van der Waals surface area contributed by atoms with Crippen LogP contribution in [0.2, 0.25) is 0 Å². The Balaban J connectivity index is 1.58. The third kappa shape index (κ3) is 3.25. The van der Waals surface area contributed by atoms with Gasteiger partial charge in [-0.1, -0.05) is 42.5 Å². The molecule has 0 radical (unpaired) electrons. The van der Waals surface area contributed by atoms with Gasteiger partial charge in [0, 0.05) is 10.9 Å². The smallest absolute Gasteiger partial charge is 0.260 e. The third-order valence-electron chi connectivity index (χ3n) is 4.49. The fourth-order valence-electron chi connectivity index (χ4n) is 2.92. The lowest BCUT2D eigenvalue weighted by Crippen LogP contribution is -2.31. The maximum absolute atomic E-state index is 12.1. The number of ether oxygens (including phenoxy) is 2. The highest BCUT2D eigenvalue weighted by Crippen LogP contribution is 2.49. The molecule has 2 N–H and O–H groups in total. The van der Waals surface area contributed by atoms with E-state index in [-0.39, 0.29) is 0 Å². The molecule has 6 heteroatoms. The summed E-state index contributed by atoms with van der Waals surface area (Å²) >= 11 is 1.38. The van der Waals surface area contributed by atoms with E-state index in [4.69, 9.17) is 15.2 Å². The Hall–Kier alpha value is -2.96. The number of amides is 1. The molecule has 2 heterocycles. The molecule has 1 aliphatic rings. The minimum absolute atomic E-state index is 0.412. The van der Waals surface area contributed by atoms with Crippen LogP contribution in [0.4, 0.5) is 0 Å². The molecular weight excluding hydrogens is 360 g/mol. The lowest BCUT2D eigenvalue weighted by Gasteiger charge is -2.04. The van der Waals surface area contributed by atoms with Crippen molar-refractivity contribution in [2.75, 3.05) is 7.11 Å². The number of nitrogens with two attached hydrogens (primary N) is 1. The fourth-order valence-corrected chi connectivity index (χ4v) is 3.92. The van der Waals surface area contributed by atoms with E-state index in [9.17, 15) is 4.79 Å². The Bertz CT molecular complexity index is 982. The van der Waals surface area contributed by atoms with E-state index in [2.05, 4.69) is 4.98 Å². The van der Waals surface area contributed by atoms with Gasteiger partial charge in [-0.15, -0.1) is 11.3 Å². The SMILES string of the molecule is COc1ccc(-c2csc([C@]3(C(N)=O)O[C@H]3C=Cc3ccccc3)n2)cc1. The quantitative estimate of drug-likeness (QED) is 0.665. The molecule has 136 valence electrons. The monoisotopic (exact) mass is 378 g/mol. The number of epoxide rings is 1. The van der Waals surface area contributed by atoms with Crippen molar-refractivity contribution in [1.82, 2.24) is 4.98 Å². The van der Waals surface area contributed by atoms with Crippen LogP contribution in [0.15, 0.2) is 66.1 Å². The Morgan fingerprint density at radius 1 is 1.22 bits per heavy atom. The summed E-state index contributed by atoms with van der Waals surface area (Å²) in [7, 11) is 1.63. The van der Waals surface area contributed by atoms with E-state index >= 15 is 0 Å². The van der Waals surface area contributed by atoms with E-state index in [0.717, 1.165) is 22.6 Å². The third-order valence-corrected chi connectivity index (χ3v) is 5.45. The molecular formula is C21H18N2O3S. The summed E-state index contributed by atoms with van der Waals surface area (Å²) < 4.78 is 10.9. The fraction of sp³-hybridized carbons (Fsp3) is 0.143. The second kappa shape index (κ2) is 6.98. The number of carbonyl (C=O) groups is 1. The first kappa shape index (κ1) is 17.5. The highest BCUT2D eigenvalue weighted by molar-refractivity contribution is 7.10. The van der Waals surface area contributed by atoms with Gasteiger partial charge in [0.05, 0.1) is 12.8 Å². The number of methoxy groups -OCH3 is 1. The van der Waals surface area contributed by atoms with Crippen LogP contribution in [0.25, 0.3) is 17.3 Å². The summed E-state index contributed by atoms with van der Waals surface area (Å²) in [5.41, 5.74) is 7.23. The summed E-state index contributed by atoms with van der Waals surface area (Å²) in [4.78, 5) is 16.8. The Kier molecular flexibility index (Phi) is 4.51. The van der Waals surface area contributed by atoms with Crippen molar-refractivity contribution < 1.29 is 14.3 Å². The maximum atomic E-state index is 12.1. The van der Waals surface area contributed by atoms with Gasteiger partial charge in [0.2, 0.25) is 5.60 Å². The van der Waals surface area contributed by atoms with Crippen molar-refractivity contribution in [3.63, 3.8) is 0 Å². The molecule has 5 nitrogen and oxygen atoms in total. The number of aromatic nitrogens is 1. The summed E-state index contributed by atoms with van der Waals surface area (Å²) in [6.07, 6.45) is 3.37. The summed E-state index contributed by atoms with van der Waals surface area (Å²) in [6, 6.07) is 17.4. The number of primary amides is 1. The van der Waals surface area contributed by atoms with E-state index in [1.165, 1.54) is 11.3 Å². The molecule has 0 aliphatic carbocycles. The Morgan fingerprint density at radius 3 is 2.63 bits per heavy atom. The standard InChI is InChI=1S/C21H18N2O3S/c1-25-16-10-8-15(9-11-16)17-13-27-20(23-17)21(19(22)24)18(26-21)12-7-14-5-3-2-4-6-14/h2-13,18H,1H3,(H2,22,24)/t18-,21-/m0/s1. The number of rotatable bonds is 6. The summed E-state index contributed by atoms with van der Waals surface area (Å²) in [5.74, 6) is 0.250. The topological polar surface area (TPSA) is 77.7 Å². The first-order valence-corrected chi connectivity index (χ1v) is 9.33. The van der Waals surface area contributed by atoms with Gasteiger partial charge in [-0.25, -0.2) is 4.98 Å². The summed E-state index contributed by atoms with van der Waals surface area (Å²) in [5, 5.41) is 2.48. The average Bonchev–Trinajstić information content (AvgIpc) is 3.24. The predicted molar refractivity (Wildman–Crippen MR) is 105 cm³/mol. The van der Waals surface area contributed by atoms with Gasteiger partial charge in [-0.3, -0.25) is 4.79 Å². The number of carbonyl (C=O) groups excluding carboxylic acids is 1.